The summed E-state index contributed by atoms with van der Waals surface area (Å²) >= 11 is 0. The molecule has 0 spiro atoms. The molecule has 2 amide bonds. The first-order chi connectivity index (χ1) is 16.8. The Hall–Kier alpha value is -3.37. The van der Waals surface area contributed by atoms with E-state index in [1.165, 1.54) is 34.6 Å². The van der Waals surface area contributed by atoms with Crippen molar-refractivity contribution in [2.24, 2.45) is 0 Å². The molecule has 0 saturated carbocycles. The molecule has 0 radical (unpaired) electrons. The predicted molar refractivity (Wildman–Crippen MR) is 132 cm³/mol. The molecule has 1 aliphatic rings. The van der Waals surface area contributed by atoms with E-state index in [0.29, 0.717) is 49.4 Å². The summed E-state index contributed by atoms with van der Waals surface area (Å²) in [4.78, 5) is 24.2. The van der Waals surface area contributed by atoms with E-state index in [0.717, 1.165) is 5.56 Å². The number of hydrogen-bond donors (Lipinski definition) is 2. The van der Waals surface area contributed by atoms with E-state index >= 15 is 0 Å². The molecule has 0 unspecified atom stereocenters. The summed E-state index contributed by atoms with van der Waals surface area (Å²) in [6.45, 7) is 4.40. The van der Waals surface area contributed by atoms with Crippen LogP contribution in [0.2, 0.25) is 0 Å². The fraction of sp³-hybridized carbons (Fsp3) is 0.360. The second kappa shape index (κ2) is 11.9. The number of piperidine rings is 1. The van der Waals surface area contributed by atoms with Crippen molar-refractivity contribution >= 4 is 21.8 Å². The smallest absolute Gasteiger partial charge is 0.251 e. The lowest BCUT2D eigenvalue weighted by Crippen LogP contribution is -2.49. The van der Waals surface area contributed by atoms with E-state index in [-0.39, 0.29) is 29.3 Å². The SMILES string of the molecule is C=CC(=O)N[C@H]1CCCN(S(=O)(=O)c2ccc(C(=O)NCCc3ccc(OC)c(OC)c3)cc2)C1. The quantitative estimate of drug-likeness (QED) is 0.482. The summed E-state index contributed by atoms with van der Waals surface area (Å²) < 4.78 is 38.0. The monoisotopic (exact) mass is 501 g/mol. The Morgan fingerprint density at radius 3 is 2.49 bits per heavy atom. The molecule has 2 N–H and O–H groups in total. The Kier molecular flexibility index (Phi) is 8.89. The summed E-state index contributed by atoms with van der Waals surface area (Å²) in [6, 6.07) is 11.2. The number of benzene rings is 2. The Morgan fingerprint density at radius 1 is 1.11 bits per heavy atom. The molecule has 1 saturated heterocycles. The summed E-state index contributed by atoms with van der Waals surface area (Å²) in [5.74, 6) is 0.642. The first kappa shape index (κ1) is 26.2. The molecular weight excluding hydrogens is 470 g/mol. The summed E-state index contributed by atoms with van der Waals surface area (Å²) in [6.07, 6.45) is 3.11. The van der Waals surface area contributed by atoms with Gasteiger partial charge in [-0.25, -0.2) is 8.42 Å². The Morgan fingerprint density at radius 2 is 1.83 bits per heavy atom. The minimum Gasteiger partial charge on any atom is -0.493 e. The first-order valence-corrected chi connectivity index (χ1v) is 12.7. The zero-order chi connectivity index (χ0) is 25.4. The molecule has 0 aromatic heterocycles. The average Bonchev–Trinajstić information content (AvgIpc) is 2.88. The van der Waals surface area contributed by atoms with Gasteiger partial charge in [0.05, 0.1) is 19.1 Å². The largest absolute Gasteiger partial charge is 0.493 e. The van der Waals surface area contributed by atoms with Crippen LogP contribution in [0.3, 0.4) is 0 Å². The van der Waals surface area contributed by atoms with Crippen molar-refractivity contribution in [2.75, 3.05) is 33.9 Å². The van der Waals surface area contributed by atoms with Crippen LogP contribution in [-0.4, -0.2) is 64.4 Å². The fourth-order valence-corrected chi connectivity index (χ4v) is 5.45. The fourth-order valence-electron chi connectivity index (χ4n) is 3.92. The number of rotatable bonds is 10. The van der Waals surface area contributed by atoms with Gasteiger partial charge in [0.15, 0.2) is 11.5 Å². The molecule has 188 valence electrons. The molecule has 9 nitrogen and oxygen atoms in total. The number of nitrogens with one attached hydrogen (secondary N) is 2. The van der Waals surface area contributed by atoms with Gasteiger partial charge in [0, 0.05) is 31.2 Å². The molecular formula is C25H31N3O6S. The maximum absolute atomic E-state index is 13.1. The zero-order valence-electron chi connectivity index (χ0n) is 20.0. The number of ether oxygens (including phenoxy) is 2. The minimum absolute atomic E-state index is 0.107. The van der Waals surface area contributed by atoms with E-state index in [2.05, 4.69) is 17.2 Å². The van der Waals surface area contributed by atoms with Crippen LogP contribution < -0.4 is 20.1 Å². The number of carbonyl (C=O) groups excluding carboxylic acids is 2. The third kappa shape index (κ3) is 6.61. The van der Waals surface area contributed by atoms with Crippen molar-refractivity contribution in [1.29, 1.82) is 0 Å². The van der Waals surface area contributed by atoms with Crippen LogP contribution in [0.4, 0.5) is 0 Å². The van der Waals surface area contributed by atoms with Gasteiger partial charge in [0.25, 0.3) is 5.91 Å². The number of hydrogen-bond acceptors (Lipinski definition) is 6. The highest BCUT2D eigenvalue weighted by Gasteiger charge is 2.30. The highest BCUT2D eigenvalue weighted by Crippen LogP contribution is 2.27. The van der Waals surface area contributed by atoms with Gasteiger partial charge in [0.2, 0.25) is 15.9 Å². The molecule has 1 heterocycles. The molecule has 0 aliphatic carbocycles. The predicted octanol–water partition coefficient (Wildman–Crippen LogP) is 2.13. The molecule has 1 fully saturated rings. The summed E-state index contributed by atoms with van der Waals surface area (Å²) in [5.41, 5.74) is 1.35. The van der Waals surface area contributed by atoms with Gasteiger partial charge in [-0.2, -0.15) is 4.31 Å². The highest BCUT2D eigenvalue weighted by molar-refractivity contribution is 7.89. The third-order valence-electron chi connectivity index (χ3n) is 5.82. The highest BCUT2D eigenvalue weighted by atomic mass is 32.2. The number of amides is 2. The molecule has 35 heavy (non-hydrogen) atoms. The van der Waals surface area contributed by atoms with Gasteiger partial charge in [-0.1, -0.05) is 12.6 Å². The van der Waals surface area contributed by atoms with E-state index in [1.54, 1.807) is 14.2 Å². The lowest BCUT2D eigenvalue weighted by atomic mass is 10.1. The van der Waals surface area contributed by atoms with Crippen molar-refractivity contribution in [3.63, 3.8) is 0 Å². The van der Waals surface area contributed by atoms with Crippen LogP contribution >= 0.6 is 0 Å². The van der Waals surface area contributed by atoms with Crippen LogP contribution in [0.25, 0.3) is 0 Å². The molecule has 1 atom stereocenters. The first-order valence-electron chi connectivity index (χ1n) is 11.3. The number of carbonyl (C=O) groups is 2. The lowest BCUT2D eigenvalue weighted by molar-refractivity contribution is -0.117. The third-order valence-corrected chi connectivity index (χ3v) is 7.70. The van der Waals surface area contributed by atoms with Crippen LogP contribution in [0.1, 0.15) is 28.8 Å². The van der Waals surface area contributed by atoms with E-state index < -0.39 is 10.0 Å². The normalized spacial score (nSPS) is 16.2. The maximum Gasteiger partial charge on any atom is 0.251 e. The van der Waals surface area contributed by atoms with Gasteiger partial charge in [0.1, 0.15) is 0 Å². The van der Waals surface area contributed by atoms with Gasteiger partial charge < -0.3 is 20.1 Å². The van der Waals surface area contributed by atoms with Crippen LogP contribution in [0, 0.1) is 0 Å². The molecule has 1 aliphatic heterocycles. The molecule has 10 heteroatoms. The summed E-state index contributed by atoms with van der Waals surface area (Å²) in [7, 11) is -0.605. The maximum atomic E-state index is 13.1. The number of methoxy groups -OCH3 is 2. The standard InChI is InChI=1S/C25H31N3O6S/c1-4-24(29)27-20-6-5-15-28(17-20)35(31,32)21-10-8-19(9-11-21)25(30)26-14-13-18-7-12-22(33-2)23(16-18)34-3/h4,7-12,16,20H,1,5-6,13-15,17H2,2-3H3,(H,26,30)(H,27,29)/t20-/m0/s1. The van der Waals surface area contributed by atoms with E-state index in [9.17, 15) is 18.0 Å². The minimum atomic E-state index is -3.74. The van der Waals surface area contributed by atoms with Crippen molar-refractivity contribution in [1.82, 2.24) is 14.9 Å². The van der Waals surface area contributed by atoms with E-state index in [1.807, 2.05) is 18.2 Å². The van der Waals surface area contributed by atoms with Gasteiger partial charge in [-0.3, -0.25) is 9.59 Å². The second-order valence-corrected chi connectivity index (χ2v) is 10.1. The van der Waals surface area contributed by atoms with Crippen molar-refractivity contribution < 1.29 is 27.5 Å². The second-order valence-electron chi connectivity index (χ2n) is 8.13. The Balaban J connectivity index is 1.58. The van der Waals surface area contributed by atoms with Crippen LogP contribution in [0.15, 0.2) is 60.0 Å². The van der Waals surface area contributed by atoms with E-state index in [4.69, 9.17) is 9.47 Å². The van der Waals surface area contributed by atoms with Gasteiger partial charge >= 0.3 is 0 Å². The van der Waals surface area contributed by atoms with Crippen molar-refractivity contribution in [2.45, 2.75) is 30.2 Å². The van der Waals surface area contributed by atoms with Crippen LogP contribution in [-0.2, 0) is 21.2 Å². The summed E-state index contributed by atoms with van der Waals surface area (Å²) in [5, 5.41) is 5.61. The van der Waals surface area contributed by atoms with Crippen molar-refractivity contribution in [3.8, 4) is 11.5 Å². The lowest BCUT2D eigenvalue weighted by Gasteiger charge is -2.32. The Bertz CT molecular complexity index is 1160. The van der Waals surface area contributed by atoms with Gasteiger partial charge in [-0.05, 0) is 67.3 Å². The molecule has 2 aromatic carbocycles. The van der Waals surface area contributed by atoms with Crippen molar-refractivity contribution in [3.05, 3.63) is 66.2 Å². The van der Waals surface area contributed by atoms with Crippen LogP contribution in [0.5, 0.6) is 11.5 Å². The van der Waals surface area contributed by atoms with Gasteiger partial charge in [-0.15, -0.1) is 0 Å². The average molecular weight is 502 g/mol. The number of sulfonamides is 1. The number of nitrogens with zero attached hydrogens (tertiary/aromatic N) is 1. The molecule has 2 aromatic rings. The Labute approximate surface area is 206 Å². The topological polar surface area (TPSA) is 114 Å². The molecule has 3 rings (SSSR count). The molecule has 0 bridgehead atoms. The zero-order valence-corrected chi connectivity index (χ0v) is 20.8.